The van der Waals surface area contributed by atoms with Gasteiger partial charge >= 0.3 is 5.97 Å². The summed E-state index contributed by atoms with van der Waals surface area (Å²) >= 11 is 0. The summed E-state index contributed by atoms with van der Waals surface area (Å²) < 4.78 is 16.7. The minimum Gasteiger partial charge on any atom is -0.460 e. The Morgan fingerprint density at radius 1 is 1.20 bits per heavy atom. The SMILES string of the molecule is CCOC(=O)c1nc(N2CCC3(CC2)OCCO3)c2ccccc2n1. The van der Waals surface area contributed by atoms with Crippen LogP contribution in [0.25, 0.3) is 10.9 Å². The zero-order chi connectivity index (χ0) is 17.3. The number of ether oxygens (including phenoxy) is 3. The van der Waals surface area contributed by atoms with Gasteiger partial charge in [-0.05, 0) is 19.1 Å². The van der Waals surface area contributed by atoms with Crippen molar-refractivity contribution in [3.8, 4) is 0 Å². The zero-order valence-electron chi connectivity index (χ0n) is 14.2. The Morgan fingerprint density at radius 2 is 1.92 bits per heavy atom. The second-order valence-electron chi connectivity index (χ2n) is 6.20. The van der Waals surface area contributed by atoms with Gasteiger partial charge in [-0.25, -0.2) is 14.8 Å². The normalized spacial score (nSPS) is 19.5. The van der Waals surface area contributed by atoms with Crippen LogP contribution in [0.15, 0.2) is 24.3 Å². The number of anilines is 1. The Hall–Kier alpha value is -2.25. The molecule has 0 atom stereocenters. The van der Waals surface area contributed by atoms with Crippen molar-refractivity contribution in [1.82, 2.24) is 9.97 Å². The molecule has 2 aliphatic heterocycles. The van der Waals surface area contributed by atoms with Crippen molar-refractivity contribution in [1.29, 1.82) is 0 Å². The third-order valence-electron chi connectivity index (χ3n) is 4.68. The highest BCUT2D eigenvalue weighted by molar-refractivity contribution is 5.94. The highest BCUT2D eigenvalue weighted by atomic mass is 16.7. The van der Waals surface area contributed by atoms with Crippen LogP contribution in [0, 0.1) is 0 Å². The molecular weight excluding hydrogens is 322 g/mol. The molecule has 25 heavy (non-hydrogen) atoms. The number of hydrogen-bond donors (Lipinski definition) is 0. The van der Waals surface area contributed by atoms with Gasteiger partial charge in [-0.2, -0.15) is 0 Å². The van der Waals surface area contributed by atoms with Gasteiger partial charge in [0.15, 0.2) is 5.79 Å². The number of rotatable bonds is 3. The maximum absolute atomic E-state index is 12.1. The van der Waals surface area contributed by atoms with Crippen molar-refractivity contribution >= 4 is 22.7 Å². The van der Waals surface area contributed by atoms with Crippen LogP contribution >= 0.6 is 0 Å². The molecule has 2 saturated heterocycles. The lowest BCUT2D eigenvalue weighted by Gasteiger charge is -2.38. The molecule has 0 amide bonds. The number of carbonyl (C=O) groups excluding carboxylic acids is 1. The molecule has 1 spiro atoms. The summed E-state index contributed by atoms with van der Waals surface area (Å²) in [5.41, 5.74) is 0.740. The first-order valence-electron chi connectivity index (χ1n) is 8.67. The van der Waals surface area contributed by atoms with Crippen molar-refractivity contribution in [2.24, 2.45) is 0 Å². The molecule has 4 rings (SSSR count). The molecule has 1 aromatic heterocycles. The van der Waals surface area contributed by atoms with Gasteiger partial charge in [0, 0.05) is 31.3 Å². The van der Waals surface area contributed by atoms with E-state index < -0.39 is 11.8 Å². The number of aromatic nitrogens is 2. The van der Waals surface area contributed by atoms with Gasteiger partial charge < -0.3 is 19.1 Å². The Balaban J connectivity index is 1.67. The Kier molecular flexibility index (Phi) is 4.27. The van der Waals surface area contributed by atoms with E-state index >= 15 is 0 Å². The minimum atomic E-state index is -0.495. The van der Waals surface area contributed by atoms with E-state index in [9.17, 15) is 4.79 Å². The number of nitrogens with zero attached hydrogens (tertiary/aromatic N) is 3. The summed E-state index contributed by atoms with van der Waals surface area (Å²) in [5, 5.41) is 0.930. The topological polar surface area (TPSA) is 73.8 Å². The van der Waals surface area contributed by atoms with E-state index in [0.29, 0.717) is 19.8 Å². The van der Waals surface area contributed by atoms with Crippen LogP contribution in [0.4, 0.5) is 5.82 Å². The molecule has 7 heteroatoms. The first-order chi connectivity index (χ1) is 12.2. The highest BCUT2D eigenvalue weighted by Gasteiger charge is 2.40. The van der Waals surface area contributed by atoms with Gasteiger partial charge in [0.25, 0.3) is 0 Å². The molecular formula is C18H21N3O4. The number of carbonyl (C=O) groups is 1. The average Bonchev–Trinajstić information content (AvgIpc) is 3.10. The predicted octanol–water partition coefficient (Wildman–Crippen LogP) is 2.15. The van der Waals surface area contributed by atoms with Crippen LogP contribution in [-0.4, -0.2) is 54.6 Å². The number of para-hydroxylation sites is 1. The number of benzene rings is 1. The summed E-state index contributed by atoms with van der Waals surface area (Å²) in [6.45, 7) is 4.89. The van der Waals surface area contributed by atoms with Crippen molar-refractivity contribution in [2.75, 3.05) is 37.8 Å². The first kappa shape index (κ1) is 16.2. The average molecular weight is 343 g/mol. The molecule has 7 nitrogen and oxygen atoms in total. The zero-order valence-corrected chi connectivity index (χ0v) is 14.2. The van der Waals surface area contributed by atoms with Gasteiger partial charge in [0.1, 0.15) is 5.82 Å². The van der Waals surface area contributed by atoms with E-state index in [1.54, 1.807) is 6.92 Å². The Bertz CT molecular complexity index is 779. The fourth-order valence-electron chi connectivity index (χ4n) is 3.43. The summed E-state index contributed by atoms with van der Waals surface area (Å²) in [4.78, 5) is 23.2. The standard InChI is InChI=1S/C18H21N3O4/c1-2-23-17(22)15-19-14-6-4-3-5-13(14)16(20-15)21-9-7-18(8-10-21)24-11-12-25-18/h3-6H,2,7-12H2,1H3. The lowest BCUT2D eigenvalue weighted by molar-refractivity contribution is -0.169. The molecule has 0 saturated carbocycles. The van der Waals surface area contributed by atoms with E-state index in [-0.39, 0.29) is 5.82 Å². The van der Waals surface area contributed by atoms with Gasteiger partial charge in [-0.15, -0.1) is 0 Å². The molecule has 3 heterocycles. The lowest BCUT2D eigenvalue weighted by Crippen LogP contribution is -2.45. The maximum Gasteiger partial charge on any atom is 0.376 e. The second-order valence-corrected chi connectivity index (χ2v) is 6.20. The van der Waals surface area contributed by atoms with Crippen molar-refractivity contribution in [3.63, 3.8) is 0 Å². The number of hydrogen-bond acceptors (Lipinski definition) is 7. The monoisotopic (exact) mass is 343 g/mol. The first-order valence-corrected chi connectivity index (χ1v) is 8.67. The highest BCUT2D eigenvalue weighted by Crippen LogP contribution is 2.34. The van der Waals surface area contributed by atoms with Crippen LogP contribution in [0.5, 0.6) is 0 Å². The number of fused-ring (bicyclic) bond motifs is 1. The number of esters is 1. The number of piperidine rings is 1. The van der Waals surface area contributed by atoms with Crippen LogP contribution in [-0.2, 0) is 14.2 Å². The Labute approximate surface area is 145 Å². The molecule has 0 unspecified atom stereocenters. The molecule has 2 aromatic rings. The van der Waals surface area contributed by atoms with E-state index in [1.165, 1.54) is 0 Å². The summed E-state index contributed by atoms with van der Waals surface area (Å²) in [6, 6.07) is 7.72. The molecule has 0 radical (unpaired) electrons. The van der Waals surface area contributed by atoms with Gasteiger partial charge in [0.2, 0.25) is 5.82 Å². The molecule has 0 bridgehead atoms. The van der Waals surface area contributed by atoms with Gasteiger partial charge in [0.05, 0.1) is 25.3 Å². The lowest BCUT2D eigenvalue weighted by atomic mass is 10.0. The fraction of sp³-hybridized carbons (Fsp3) is 0.500. The summed E-state index contributed by atoms with van der Waals surface area (Å²) in [5.74, 6) is -0.0697. The van der Waals surface area contributed by atoms with E-state index in [1.807, 2.05) is 24.3 Å². The molecule has 2 fully saturated rings. The van der Waals surface area contributed by atoms with Crippen molar-refractivity contribution in [3.05, 3.63) is 30.1 Å². The second kappa shape index (κ2) is 6.57. The molecule has 1 aromatic carbocycles. The van der Waals surface area contributed by atoms with Crippen LogP contribution in [0.2, 0.25) is 0 Å². The molecule has 2 aliphatic rings. The Morgan fingerprint density at radius 3 is 2.64 bits per heavy atom. The molecule has 0 aliphatic carbocycles. The maximum atomic E-state index is 12.1. The molecule has 132 valence electrons. The van der Waals surface area contributed by atoms with Crippen LogP contribution < -0.4 is 4.90 Å². The van der Waals surface area contributed by atoms with E-state index in [0.717, 1.165) is 42.7 Å². The predicted molar refractivity (Wildman–Crippen MR) is 91.6 cm³/mol. The van der Waals surface area contributed by atoms with Crippen LogP contribution in [0.1, 0.15) is 30.4 Å². The largest absolute Gasteiger partial charge is 0.460 e. The van der Waals surface area contributed by atoms with Crippen LogP contribution in [0.3, 0.4) is 0 Å². The quantitative estimate of drug-likeness (QED) is 0.791. The van der Waals surface area contributed by atoms with Gasteiger partial charge in [-0.3, -0.25) is 0 Å². The third kappa shape index (κ3) is 3.05. The third-order valence-corrected chi connectivity index (χ3v) is 4.68. The minimum absolute atomic E-state index is 0.101. The molecule has 0 N–H and O–H groups in total. The van der Waals surface area contributed by atoms with E-state index in [2.05, 4.69) is 14.9 Å². The van der Waals surface area contributed by atoms with Gasteiger partial charge in [-0.1, -0.05) is 12.1 Å². The van der Waals surface area contributed by atoms with Crippen molar-refractivity contribution < 1.29 is 19.0 Å². The smallest absolute Gasteiger partial charge is 0.376 e. The summed E-state index contributed by atoms with van der Waals surface area (Å²) in [6.07, 6.45) is 1.56. The van der Waals surface area contributed by atoms with Crippen molar-refractivity contribution in [2.45, 2.75) is 25.6 Å². The van der Waals surface area contributed by atoms with E-state index in [4.69, 9.17) is 14.2 Å². The fourth-order valence-corrected chi connectivity index (χ4v) is 3.43. The summed E-state index contributed by atoms with van der Waals surface area (Å²) in [7, 11) is 0.